The quantitative estimate of drug-likeness (QED) is 0.0463. The summed E-state index contributed by atoms with van der Waals surface area (Å²) in [5.74, 6) is -7.11. The Morgan fingerprint density at radius 2 is 0.938 bits per heavy atom. The van der Waals surface area contributed by atoms with E-state index in [9.17, 15) is 24.0 Å². The minimum Gasteiger partial charge on any atom is -0.481 e. The van der Waals surface area contributed by atoms with Crippen molar-refractivity contribution >= 4 is 29.8 Å². The molecule has 0 aliphatic rings. The Morgan fingerprint density at radius 1 is 0.521 bits per heavy atom. The highest BCUT2D eigenvalue weighted by Crippen LogP contribution is 2.29. The summed E-state index contributed by atoms with van der Waals surface area (Å²) >= 11 is 0. The molecule has 0 saturated heterocycles. The second kappa shape index (κ2) is 25.1. The van der Waals surface area contributed by atoms with E-state index < -0.39 is 46.5 Å². The fourth-order valence-electron chi connectivity index (χ4n) is 3.70. The van der Waals surface area contributed by atoms with Gasteiger partial charge in [-0.05, 0) is 13.8 Å². The van der Waals surface area contributed by atoms with Crippen LogP contribution in [0.3, 0.4) is 0 Å². The van der Waals surface area contributed by atoms with Gasteiger partial charge in [-0.3, -0.25) is 19.2 Å². The zero-order valence-corrected chi connectivity index (χ0v) is 29.0. The zero-order chi connectivity index (χ0) is 36.5. The molecule has 48 heavy (non-hydrogen) atoms. The van der Waals surface area contributed by atoms with Crippen LogP contribution in [0, 0.1) is 10.8 Å². The lowest BCUT2D eigenvalue weighted by Crippen LogP contribution is -2.52. The van der Waals surface area contributed by atoms with E-state index in [1.165, 1.54) is 35.2 Å². The molecule has 0 radical (unpaired) electrons. The fourth-order valence-corrected chi connectivity index (χ4v) is 3.70. The van der Waals surface area contributed by atoms with Gasteiger partial charge in [0.15, 0.2) is 0 Å². The third-order valence-electron chi connectivity index (χ3n) is 6.24. The highest BCUT2D eigenvalue weighted by molar-refractivity contribution is 5.87. The number of carbonyl (C=O) groups is 5. The second-order valence-electron chi connectivity index (χ2n) is 11.0. The molecule has 0 saturated carbocycles. The van der Waals surface area contributed by atoms with Crippen LogP contribution in [0.4, 0.5) is 0 Å². The van der Waals surface area contributed by atoms with Gasteiger partial charge in [-0.15, -0.1) is 0 Å². The summed E-state index contributed by atoms with van der Waals surface area (Å²) in [6.07, 6.45) is -0.467. The molecule has 18 heteroatoms. The Bertz CT molecular complexity index is 952. The van der Waals surface area contributed by atoms with Crippen LogP contribution >= 0.6 is 0 Å². The molecule has 2 atom stereocenters. The molecule has 0 bridgehead atoms. The third kappa shape index (κ3) is 18.5. The van der Waals surface area contributed by atoms with Gasteiger partial charge < -0.3 is 61.9 Å². The normalized spacial score (nSPS) is 14.0. The minimum absolute atomic E-state index is 0.0257. The Hall–Kier alpha value is -2.97. The molecule has 18 nitrogen and oxygen atoms in total. The van der Waals surface area contributed by atoms with Crippen molar-refractivity contribution in [1.82, 2.24) is 0 Å². The summed E-state index contributed by atoms with van der Waals surface area (Å²) in [5.41, 5.74) is -2.76. The summed E-state index contributed by atoms with van der Waals surface area (Å²) < 4.78 is 62.6. The highest BCUT2D eigenvalue weighted by atomic mass is 16.8. The molecule has 1 N–H and O–H groups in total. The van der Waals surface area contributed by atoms with Crippen LogP contribution in [0.25, 0.3) is 0 Å². The van der Waals surface area contributed by atoms with Crippen LogP contribution in [-0.2, 0) is 80.8 Å². The van der Waals surface area contributed by atoms with Gasteiger partial charge in [0.05, 0.1) is 92.6 Å². The summed E-state index contributed by atoms with van der Waals surface area (Å²) in [6, 6.07) is 0. The van der Waals surface area contributed by atoms with E-state index in [2.05, 4.69) is 0 Å². The van der Waals surface area contributed by atoms with Crippen LogP contribution in [0.1, 0.15) is 33.6 Å². The third-order valence-corrected chi connectivity index (χ3v) is 6.24. The maximum atomic E-state index is 13.3. The summed E-state index contributed by atoms with van der Waals surface area (Å²) in [6.45, 7) is 5.04. The van der Waals surface area contributed by atoms with Crippen LogP contribution in [0.2, 0.25) is 0 Å². The zero-order valence-electron chi connectivity index (χ0n) is 29.0. The van der Waals surface area contributed by atoms with Gasteiger partial charge in [-0.25, -0.2) is 4.79 Å². The van der Waals surface area contributed by atoms with E-state index >= 15 is 0 Å². The molecule has 280 valence electrons. The molecule has 2 unspecified atom stereocenters. The topological polar surface area (TPSA) is 216 Å². The van der Waals surface area contributed by atoms with E-state index in [0.29, 0.717) is 19.8 Å². The van der Waals surface area contributed by atoms with E-state index in [-0.39, 0.29) is 79.1 Å². The van der Waals surface area contributed by atoms with Crippen molar-refractivity contribution in [3.63, 3.8) is 0 Å². The molecule has 0 spiro atoms. The van der Waals surface area contributed by atoms with Crippen molar-refractivity contribution in [1.29, 1.82) is 0 Å². The van der Waals surface area contributed by atoms with Crippen LogP contribution in [0.5, 0.6) is 0 Å². The van der Waals surface area contributed by atoms with E-state index in [0.717, 1.165) is 14.0 Å². The monoisotopic (exact) mass is 700 g/mol. The number of esters is 4. The van der Waals surface area contributed by atoms with Crippen LogP contribution in [0.15, 0.2) is 0 Å². The summed E-state index contributed by atoms with van der Waals surface area (Å²) in [7, 11) is 5.18. The predicted octanol–water partition coefficient (Wildman–Crippen LogP) is 0.362. The molecular formula is C30H52O18. The number of ether oxygens (including phenoxy) is 12. The molecule has 0 fully saturated rings. The lowest BCUT2D eigenvalue weighted by Gasteiger charge is -2.34. The maximum Gasteiger partial charge on any atom is 0.392 e. The van der Waals surface area contributed by atoms with Gasteiger partial charge in [0.1, 0.15) is 24.2 Å². The first-order chi connectivity index (χ1) is 22.7. The molecule has 0 aliphatic carbocycles. The van der Waals surface area contributed by atoms with Gasteiger partial charge in [0, 0.05) is 28.3 Å². The first-order valence-corrected chi connectivity index (χ1v) is 15.0. The number of methoxy groups -OCH3 is 4. The van der Waals surface area contributed by atoms with Crippen molar-refractivity contribution in [3.8, 4) is 0 Å². The average molecular weight is 701 g/mol. The Labute approximate surface area is 280 Å². The number of hydrogen-bond acceptors (Lipinski definition) is 17. The average Bonchev–Trinajstić information content (AvgIpc) is 3.03. The molecule has 0 amide bonds. The lowest BCUT2D eigenvalue weighted by molar-refractivity contribution is -0.246. The van der Waals surface area contributed by atoms with Gasteiger partial charge in [0.2, 0.25) is 0 Å². The van der Waals surface area contributed by atoms with Gasteiger partial charge in [-0.2, -0.15) is 0 Å². The van der Waals surface area contributed by atoms with Crippen molar-refractivity contribution in [2.75, 3.05) is 115 Å². The Kier molecular flexibility index (Phi) is 23.5. The first-order valence-electron chi connectivity index (χ1n) is 15.0. The molecule has 0 aromatic heterocycles. The Balaban J connectivity index is 4.47. The van der Waals surface area contributed by atoms with Crippen molar-refractivity contribution in [2.45, 2.75) is 39.4 Å². The van der Waals surface area contributed by atoms with Crippen LogP contribution < -0.4 is 0 Å². The van der Waals surface area contributed by atoms with Gasteiger partial charge in [0.25, 0.3) is 0 Å². The number of hydrogen-bond donors (Lipinski definition) is 1. The standard InChI is InChI=1S/C30H52O18/c1-28(18-37-4,19-38-5)25(34)47-30(3,27(36)40-7)48-26(35)29(2,20-39-6)21-45-22-44-15-14-42-11-10-41-12-13-43-16-17-46-24(33)9-8-23(31)32/h8-22H2,1-7H3,(H,31,32). The largest absolute Gasteiger partial charge is 0.481 e. The van der Waals surface area contributed by atoms with E-state index in [1.54, 1.807) is 0 Å². The van der Waals surface area contributed by atoms with E-state index in [4.69, 9.17) is 61.9 Å². The van der Waals surface area contributed by atoms with Crippen molar-refractivity contribution in [2.24, 2.45) is 10.8 Å². The van der Waals surface area contributed by atoms with Crippen molar-refractivity contribution < 1.29 is 85.9 Å². The molecule has 0 heterocycles. The molecule has 0 aromatic rings. The first kappa shape index (κ1) is 45.0. The molecule has 0 aliphatic heterocycles. The SMILES string of the molecule is COCC(C)(COC)C(=O)OC(C)(OC(=O)C(C)(COC)COCOCCOCCOCCOCCOC(=O)CCC(=O)O)C(=O)OC. The van der Waals surface area contributed by atoms with Crippen molar-refractivity contribution in [3.05, 3.63) is 0 Å². The number of carboxylic acid groups (broad SMARTS) is 1. The number of rotatable bonds is 30. The van der Waals surface area contributed by atoms with Gasteiger partial charge >= 0.3 is 35.6 Å². The smallest absolute Gasteiger partial charge is 0.392 e. The van der Waals surface area contributed by atoms with E-state index in [1.807, 2.05) is 0 Å². The molecule has 0 rings (SSSR count). The van der Waals surface area contributed by atoms with Gasteiger partial charge in [-0.1, -0.05) is 0 Å². The summed E-state index contributed by atoms with van der Waals surface area (Å²) in [5, 5.41) is 8.51. The minimum atomic E-state index is -2.44. The summed E-state index contributed by atoms with van der Waals surface area (Å²) in [4.78, 5) is 60.6. The lowest BCUT2D eigenvalue weighted by atomic mass is 9.92. The number of carboxylic acids is 1. The number of carbonyl (C=O) groups excluding carboxylic acids is 4. The fraction of sp³-hybridized carbons (Fsp3) is 0.833. The molecule has 0 aromatic carbocycles. The maximum absolute atomic E-state index is 13.3. The second-order valence-corrected chi connectivity index (χ2v) is 11.0. The van der Waals surface area contributed by atoms with Crippen LogP contribution in [-0.4, -0.2) is 155 Å². The highest BCUT2D eigenvalue weighted by Gasteiger charge is 2.50. The predicted molar refractivity (Wildman–Crippen MR) is 162 cm³/mol. The molecular weight excluding hydrogens is 648 g/mol. The Morgan fingerprint density at radius 3 is 1.35 bits per heavy atom. The number of aliphatic carboxylic acids is 1.